The Balaban J connectivity index is 0.000000214. The Morgan fingerprint density at radius 1 is 0.543 bits per heavy atom. The van der Waals surface area contributed by atoms with Crippen LogP contribution >= 0.6 is 17.0 Å². The van der Waals surface area contributed by atoms with Gasteiger partial charge in [-0.1, -0.05) is 62.3 Å². The molecule has 0 saturated carbocycles. The summed E-state index contributed by atoms with van der Waals surface area (Å²) in [6.07, 6.45) is 0. The average Bonchev–Trinajstić information content (AvgIpc) is 3.65. The molecule has 0 aliphatic carbocycles. The molecule has 0 aliphatic rings. The van der Waals surface area contributed by atoms with Crippen molar-refractivity contribution in [3.63, 3.8) is 0 Å². The number of methoxy groups -OCH3 is 4. The Hall–Kier alpha value is -3.02. The normalized spacial score (nSPS) is 9.96. The van der Waals surface area contributed by atoms with Gasteiger partial charge in [-0.3, -0.25) is 0 Å². The van der Waals surface area contributed by atoms with Crippen LogP contribution in [0, 0.1) is 13.8 Å². The molecule has 238 valence electrons. The zero-order chi connectivity index (χ0) is 33.6. The molecule has 0 saturated heterocycles. The molecule has 0 aliphatic heterocycles. The van der Waals surface area contributed by atoms with E-state index in [2.05, 4.69) is 99.7 Å². The van der Waals surface area contributed by atoms with Crippen LogP contribution in [0.5, 0.6) is 23.0 Å². The van der Waals surface area contributed by atoms with Crippen LogP contribution in [-0.4, -0.2) is 38.0 Å². The number of halogens is 2. The molecule has 0 aromatic heterocycles. The van der Waals surface area contributed by atoms with Gasteiger partial charge in [0, 0.05) is 9.52 Å². The number of ether oxygens (including phenoxy) is 4. The third kappa shape index (κ3) is 9.51. The Kier molecular flexibility index (Phi) is 15.4. The van der Waals surface area contributed by atoms with Gasteiger partial charge < -0.3 is 18.9 Å². The van der Waals surface area contributed by atoms with E-state index in [4.69, 9.17) is 36.0 Å². The summed E-state index contributed by atoms with van der Waals surface area (Å²) in [5.74, 6) is 3.01. The summed E-state index contributed by atoms with van der Waals surface area (Å²) in [6.45, 7) is 8.55. The zero-order valence-corrected chi connectivity index (χ0v) is 32.6. The van der Waals surface area contributed by atoms with Crippen molar-refractivity contribution < 1.29 is 39.8 Å². The second-order valence-electron chi connectivity index (χ2n) is 10.4. The van der Waals surface area contributed by atoms with Crippen LogP contribution in [0.4, 0.5) is 0 Å². The van der Waals surface area contributed by atoms with Crippen molar-refractivity contribution >= 4 is 48.1 Å². The predicted molar refractivity (Wildman–Crippen MR) is 195 cm³/mol. The van der Waals surface area contributed by atoms with E-state index in [9.17, 15) is 0 Å². The molecular formula is C38H40Cl2O4SiZr. The van der Waals surface area contributed by atoms with E-state index < -0.39 is 20.8 Å². The van der Waals surface area contributed by atoms with E-state index in [1.165, 1.54) is 43.8 Å². The SMILES string of the molecule is COc1ccc(-c2cccc3[cH-]c(C)cc23)cc1OC.COc1ccc(-c2cccc3[cH-]c(C)cc23)cc1OC.C[Si]C.[Cl][Zr+2][Cl]. The van der Waals surface area contributed by atoms with Crippen LogP contribution in [0.15, 0.2) is 97.1 Å². The zero-order valence-electron chi connectivity index (χ0n) is 27.6. The van der Waals surface area contributed by atoms with Crippen LogP contribution in [0.1, 0.15) is 11.1 Å². The molecule has 0 atom stereocenters. The van der Waals surface area contributed by atoms with Crippen LogP contribution < -0.4 is 18.9 Å². The molecule has 0 N–H and O–H groups in total. The molecule has 0 heterocycles. The van der Waals surface area contributed by atoms with Gasteiger partial charge in [0.15, 0.2) is 23.0 Å². The molecule has 6 aromatic rings. The fourth-order valence-corrected chi connectivity index (χ4v) is 5.28. The number of hydrogen-bond acceptors (Lipinski definition) is 4. The average molecular weight is 751 g/mol. The van der Waals surface area contributed by atoms with Crippen LogP contribution in [0.2, 0.25) is 13.1 Å². The standard InChI is InChI=1S/2C18H17O2.C2H6Si.2ClH.Zr/c2*1-12-9-13-5-4-6-15(16(13)10-12)14-7-8-17(19-2)18(11-14)20-3;1-3-2;;;/h2*4-11H,1-3H3;1-2H3;2*1H;/q2*-1;;;;+4/p-2. The van der Waals surface area contributed by atoms with Gasteiger partial charge >= 0.3 is 37.9 Å². The quantitative estimate of drug-likeness (QED) is 0.125. The molecule has 0 bridgehead atoms. The van der Waals surface area contributed by atoms with Crippen LogP contribution in [-0.2, 0) is 20.8 Å². The first-order valence-electron chi connectivity index (χ1n) is 14.6. The van der Waals surface area contributed by atoms with Gasteiger partial charge in [-0.15, -0.1) is 69.1 Å². The minimum atomic E-state index is -0.826. The summed E-state index contributed by atoms with van der Waals surface area (Å²) in [5.41, 5.74) is 7.28. The summed E-state index contributed by atoms with van der Waals surface area (Å²) in [4.78, 5) is 0. The number of rotatable bonds is 6. The first kappa shape index (κ1) is 37.4. The van der Waals surface area contributed by atoms with Crippen LogP contribution in [0.3, 0.4) is 0 Å². The van der Waals surface area contributed by atoms with Gasteiger partial charge in [-0.25, -0.2) is 0 Å². The Labute approximate surface area is 294 Å². The fourth-order valence-electron chi connectivity index (χ4n) is 5.28. The third-order valence-electron chi connectivity index (χ3n) is 7.18. The Morgan fingerprint density at radius 3 is 1.22 bits per heavy atom. The second kappa shape index (κ2) is 19.0. The van der Waals surface area contributed by atoms with Gasteiger partial charge in [0.2, 0.25) is 0 Å². The molecular weight excluding hydrogens is 711 g/mol. The van der Waals surface area contributed by atoms with Crippen molar-refractivity contribution in [3.8, 4) is 45.3 Å². The van der Waals surface area contributed by atoms with Crippen molar-refractivity contribution in [1.29, 1.82) is 0 Å². The van der Waals surface area contributed by atoms with Gasteiger partial charge in [-0.2, -0.15) is 12.1 Å². The van der Waals surface area contributed by atoms with Crippen molar-refractivity contribution in [1.82, 2.24) is 0 Å². The Morgan fingerprint density at radius 2 is 0.891 bits per heavy atom. The molecule has 4 nitrogen and oxygen atoms in total. The van der Waals surface area contributed by atoms with E-state index in [1.807, 2.05) is 24.3 Å². The molecule has 8 heteroatoms. The monoisotopic (exact) mass is 748 g/mol. The van der Waals surface area contributed by atoms with Crippen molar-refractivity contribution in [3.05, 3.63) is 108 Å². The molecule has 6 rings (SSSR count). The van der Waals surface area contributed by atoms with E-state index in [1.54, 1.807) is 28.4 Å². The van der Waals surface area contributed by atoms with Gasteiger partial charge in [0.25, 0.3) is 0 Å². The first-order valence-corrected chi connectivity index (χ1v) is 22.9. The number of benzene rings is 4. The second-order valence-corrected chi connectivity index (χ2v) is 15.1. The van der Waals surface area contributed by atoms with Gasteiger partial charge in [0.1, 0.15) is 0 Å². The van der Waals surface area contributed by atoms with Crippen molar-refractivity contribution in [2.24, 2.45) is 0 Å². The fraction of sp³-hybridized carbons (Fsp3) is 0.211. The molecule has 6 aromatic carbocycles. The topological polar surface area (TPSA) is 36.9 Å². The number of fused-ring (bicyclic) bond motifs is 2. The number of hydrogen-bond donors (Lipinski definition) is 0. The molecule has 0 amide bonds. The molecule has 0 spiro atoms. The molecule has 2 radical (unpaired) electrons. The summed E-state index contributed by atoms with van der Waals surface area (Å²) in [5, 5.41) is 5.10. The van der Waals surface area contributed by atoms with Gasteiger partial charge in [0.05, 0.1) is 28.4 Å². The molecule has 46 heavy (non-hydrogen) atoms. The summed E-state index contributed by atoms with van der Waals surface area (Å²) >= 11 is -0.826. The van der Waals surface area contributed by atoms with E-state index >= 15 is 0 Å². The third-order valence-corrected chi connectivity index (χ3v) is 7.18. The molecule has 0 unspecified atom stereocenters. The van der Waals surface area contributed by atoms with E-state index in [-0.39, 0.29) is 0 Å². The van der Waals surface area contributed by atoms with Crippen molar-refractivity contribution in [2.75, 3.05) is 28.4 Å². The summed E-state index contributed by atoms with van der Waals surface area (Å²) in [7, 11) is 17.6. The summed E-state index contributed by atoms with van der Waals surface area (Å²) in [6, 6.07) is 33.7. The number of aryl methyl sites for hydroxylation is 2. The maximum absolute atomic E-state index is 5.39. The van der Waals surface area contributed by atoms with Gasteiger partial charge in [-0.05, 0) is 35.4 Å². The first-order chi connectivity index (χ1) is 22.3. The minimum absolute atomic E-state index is 0.752. The van der Waals surface area contributed by atoms with Crippen molar-refractivity contribution in [2.45, 2.75) is 26.9 Å². The van der Waals surface area contributed by atoms with E-state index in [0.29, 0.717) is 0 Å². The maximum atomic E-state index is 5.39. The van der Waals surface area contributed by atoms with E-state index in [0.717, 1.165) is 43.6 Å². The Bertz CT molecular complexity index is 1700. The van der Waals surface area contributed by atoms with Crippen LogP contribution in [0.25, 0.3) is 43.8 Å². The summed E-state index contributed by atoms with van der Waals surface area (Å²) < 4.78 is 21.4. The predicted octanol–water partition coefficient (Wildman–Crippen LogP) is 11.3. The molecule has 0 fully saturated rings.